The molecule has 12 heavy (non-hydrogen) atoms. The topological polar surface area (TPSA) is 24.5 Å². The SMILES string of the molecule is CONC1CCN(C(C)C)CC1. The van der Waals surface area contributed by atoms with Crippen LogP contribution in [-0.2, 0) is 4.84 Å². The molecule has 0 unspecified atom stereocenters. The Balaban J connectivity index is 2.20. The Kier molecular flexibility index (Phi) is 3.98. The molecule has 0 radical (unpaired) electrons. The van der Waals surface area contributed by atoms with Gasteiger partial charge in [0.25, 0.3) is 0 Å². The van der Waals surface area contributed by atoms with Gasteiger partial charge in [-0.3, -0.25) is 0 Å². The van der Waals surface area contributed by atoms with Gasteiger partial charge in [0.05, 0.1) is 7.11 Å². The molecule has 3 nitrogen and oxygen atoms in total. The number of nitrogens with one attached hydrogen (secondary N) is 1. The first-order valence-electron chi connectivity index (χ1n) is 4.76. The molecule has 0 bridgehead atoms. The summed E-state index contributed by atoms with van der Waals surface area (Å²) in [6.45, 7) is 6.89. The van der Waals surface area contributed by atoms with E-state index in [4.69, 9.17) is 4.84 Å². The first-order valence-corrected chi connectivity index (χ1v) is 4.76. The maximum Gasteiger partial charge on any atom is 0.0572 e. The van der Waals surface area contributed by atoms with E-state index in [1.165, 1.54) is 25.9 Å². The number of nitrogens with zero attached hydrogens (tertiary/aromatic N) is 1. The molecule has 0 saturated carbocycles. The molecule has 1 heterocycles. The zero-order valence-electron chi connectivity index (χ0n) is 8.34. The highest BCUT2D eigenvalue weighted by molar-refractivity contribution is 4.76. The Morgan fingerprint density at radius 1 is 1.33 bits per heavy atom. The van der Waals surface area contributed by atoms with Crippen molar-refractivity contribution in [2.45, 2.75) is 38.8 Å². The van der Waals surface area contributed by atoms with Crippen LogP contribution in [0.5, 0.6) is 0 Å². The van der Waals surface area contributed by atoms with Crippen LogP contribution >= 0.6 is 0 Å². The highest BCUT2D eigenvalue weighted by atomic mass is 16.6. The van der Waals surface area contributed by atoms with E-state index < -0.39 is 0 Å². The van der Waals surface area contributed by atoms with Crippen molar-refractivity contribution in [3.8, 4) is 0 Å². The lowest BCUT2D eigenvalue weighted by Gasteiger charge is -2.34. The van der Waals surface area contributed by atoms with Gasteiger partial charge in [-0.05, 0) is 39.8 Å². The van der Waals surface area contributed by atoms with Crippen molar-refractivity contribution in [1.29, 1.82) is 0 Å². The number of hydroxylamine groups is 1. The minimum atomic E-state index is 0.560. The third kappa shape index (κ3) is 2.73. The molecule has 72 valence electrons. The van der Waals surface area contributed by atoms with Crippen molar-refractivity contribution in [2.24, 2.45) is 0 Å². The van der Waals surface area contributed by atoms with Crippen LogP contribution in [0.15, 0.2) is 0 Å². The molecular formula is C9H20N2O. The molecule has 1 N–H and O–H groups in total. The predicted molar refractivity (Wildman–Crippen MR) is 49.9 cm³/mol. The highest BCUT2D eigenvalue weighted by Gasteiger charge is 2.19. The van der Waals surface area contributed by atoms with Crippen molar-refractivity contribution in [1.82, 2.24) is 10.4 Å². The van der Waals surface area contributed by atoms with E-state index in [-0.39, 0.29) is 0 Å². The van der Waals surface area contributed by atoms with E-state index in [9.17, 15) is 0 Å². The van der Waals surface area contributed by atoms with Crippen molar-refractivity contribution < 1.29 is 4.84 Å². The lowest BCUT2D eigenvalue weighted by Crippen LogP contribution is -2.44. The summed E-state index contributed by atoms with van der Waals surface area (Å²) in [5.41, 5.74) is 3.02. The fraction of sp³-hybridized carbons (Fsp3) is 1.00. The molecule has 0 aromatic rings. The van der Waals surface area contributed by atoms with Gasteiger partial charge in [0, 0.05) is 12.1 Å². The molecule has 3 heteroatoms. The molecule has 1 aliphatic heterocycles. The van der Waals surface area contributed by atoms with Crippen LogP contribution in [0.4, 0.5) is 0 Å². The Morgan fingerprint density at radius 3 is 2.33 bits per heavy atom. The fourth-order valence-electron chi connectivity index (χ4n) is 1.70. The van der Waals surface area contributed by atoms with Crippen LogP contribution < -0.4 is 5.48 Å². The Hall–Kier alpha value is -0.120. The van der Waals surface area contributed by atoms with E-state index in [1.807, 2.05) is 0 Å². The Bertz CT molecular complexity index is 120. The monoisotopic (exact) mass is 172 g/mol. The quantitative estimate of drug-likeness (QED) is 0.643. The van der Waals surface area contributed by atoms with E-state index in [2.05, 4.69) is 24.2 Å². The summed E-state index contributed by atoms with van der Waals surface area (Å²) in [4.78, 5) is 7.42. The van der Waals surface area contributed by atoms with Gasteiger partial charge in [-0.1, -0.05) is 0 Å². The molecule has 1 fully saturated rings. The maximum absolute atomic E-state index is 4.91. The lowest BCUT2D eigenvalue weighted by molar-refractivity contribution is 0.0316. The smallest absolute Gasteiger partial charge is 0.0572 e. The molecule has 0 atom stereocenters. The van der Waals surface area contributed by atoms with Crippen LogP contribution in [0.1, 0.15) is 26.7 Å². The average Bonchev–Trinajstić information content (AvgIpc) is 2.06. The molecule has 0 aromatic carbocycles. The average molecular weight is 172 g/mol. The van der Waals surface area contributed by atoms with Gasteiger partial charge in [0.2, 0.25) is 0 Å². The molecule has 0 spiro atoms. The van der Waals surface area contributed by atoms with Gasteiger partial charge in [0.1, 0.15) is 0 Å². The second-order valence-electron chi connectivity index (χ2n) is 3.73. The largest absolute Gasteiger partial charge is 0.305 e. The Morgan fingerprint density at radius 2 is 1.92 bits per heavy atom. The maximum atomic E-state index is 4.91. The summed E-state index contributed by atoms with van der Waals surface area (Å²) in [5, 5.41) is 0. The summed E-state index contributed by atoms with van der Waals surface area (Å²) in [7, 11) is 1.69. The summed E-state index contributed by atoms with van der Waals surface area (Å²) < 4.78 is 0. The molecule has 0 aromatic heterocycles. The van der Waals surface area contributed by atoms with Crippen LogP contribution in [-0.4, -0.2) is 37.2 Å². The second-order valence-corrected chi connectivity index (χ2v) is 3.73. The number of piperidine rings is 1. The summed E-state index contributed by atoms with van der Waals surface area (Å²) >= 11 is 0. The van der Waals surface area contributed by atoms with Gasteiger partial charge in [-0.2, -0.15) is 5.48 Å². The minimum Gasteiger partial charge on any atom is -0.305 e. The predicted octanol–water partition coefficient (Wildman–Crippen LogP) is 1.01. The molecule has 1 saturated heterocycles. The molecular weight excluding hydrogens is 152 g/mol. The second kappa shape index (κ2) is 4.80. The van der Waals surface area contributed by atoms with Gasteiger partial charge in [0.15, 0.2) is 0 Å². The molecule has 0 amide bonds. The van der Waals surface area contributed by atoms with E-state index in [1.54, 1.807) is 7.11 Å². The van der Waals surface area contributed by atoms with Crippen LogP contribution in [0, 0.1) is 0 Å². The van der Waals surface area contributed by atoms with Gasteiger partial charge in [-0.25, -0.2) is 0 Å². The molecule has 1 rings (SSSR count). The van der Waals surface area contributed by atoms with Gasteiger partial charge in [-0.15, -0.1) is 0 Å². The first kappa shape index (κ1) is 9.96. The summed E-state index contributed by atoms with van der Waals surface area (Å²) in [6.07, 6.45) is 2.40. The third-order valence-corrected chi connectivity index (χ3v) is 2.54. The van der Waals surface area contributed by atoms with Crippen molar-refractivity contribution in [3.63, 3.8) is 0 Å². The van der Waals surface area contributed by atoms with Crippen LogP contribution in [0.2, 0.25) is 0 Å². The summed E-state index contributed by atoms with van der Waals surface area (Å²) in [5.74, 6) is 0. The van der Waals surface area contributed by atoms with Gasteiger partial charge >= 0.3 is 0 Å². The zero-order chi connectivity index (χ0) is 8.97. The van der Waals surface area contributed by atoms with E-state index in [0.717, 1.165) is 0 Å². The molecule has 1 aliphatic rings. The lowest BCUT2D eigenvalue weighted by atomic mass is 10.0. The number of likely N-dealkylation sites (tertiary alicyclic amines) is 1. The Labute approximate surface area is 75.0 Å². The van der Waals surface area contributed by atoms with E-state index >= 15 is 0 Å². The first-order chi connectivity index (χ1) is 5.74. The molecule has 0 aliphatic carbocycles. The fourth-order valence-corrected chi connectivity index (χ4v) is 1.70. The minimum absolute atomic E-state index is 0.560. The zero-order valence-corrected chi connectivity index (χ0v) is 8.34. The van der Waals surface area contributed by atoms with Crippen molar-refractivity contribution in [2.75, 3.05) is 20.2 Å². The van der Waals surface area contributed by atoms with E-state index in [0.29, 0.717) is 12.1 Å². The van der Waals surface area contributed by atoms with Crippen molar-refractivity contribution in [3.05, 3.63) is 0 Å². The van der Waals surface area contributed by atoms with Crippen LogP contribution in [0.3, 0.4) is 0 Å². The summed E-state index contributed by atoms with van der Waals surface area (Å²) in [6, 6.07) is 1.25. The van der Waals surface area contributed by atoms with Crippen molar-refractivity contribution >= 4 is 0 Å². The third-order valence-electron chi connectivity index (χ3n) is 2.54. The number of hydrogen-bond donors (Lipinski definition) is 1. The normalized spacial score (nSPS) is 22.0. The van der Waals surface area contributed by atoms with Crippen LogP contribution in [0.25, 0.3) is 0 Å². The number of rotatable bonds is 3. The number of hydrogen-bond acceptors (Lipinski definition) is 3. The highest BCUT2D eigenvalue weighted by Crippen LogP contribution is 2.12. The standard InChI is InChI=1S/C9H20N2O/c1-8(2)11-6-4-9(5-7-11)10-12-3/h8-10H,4-7H2,1-3H3. The van der Waals surface area contributed by atoms with Gasteiger partial charge < -0.3 is 9.74 Å².